The van der Waals surface area contributed by atoms with Gasteiger partial charge in [0.05, 0.1) is 0 Å². The fourth-order valence-corrected chi connectivity index (χ4v) is 2.66. The molecule has 1 fully saturated rings. The summed E-state index contributed by atoms with van der Waals surface area (Å²) in [5, 5.41) is 3.06. The molecule has 1 amide bonds. The first-order valence-corrected chi connectivity index (χ1v) is 6.98. The van der Waals surface area contributed by atoms with Gasteiger partial charge in [0.1, 0.15) is 0 Å². The van der Waals surface area contributed by atoms with Gasteiger partial charge in [-0.15, -0.1) is 11.6 Å². The van der Waals surface area contributed by atoms with Crippen molar-refractivity contribution in [1.29, 1.82) is 0 Å². The van der Waals surface area contributed by atoms with Gasteiger partial charge in [-0.05, 0) is 18.8 Å². The molecule has 1 aliphatic rings. The standard InChI is InChI=1S/C13H24ClNO/c1-3-11(2)8-12(16)15-10-13(9-14)6-4-5-7-13/h11H,3-10H2,1-2H3,(H,15,16). The Bertz CT molecular complexity index is 224. The quantitative estimate of drug-likeness (QED) is 0.715. The van der Waals surface area contributed by atoms with Crippen LogP contribution in [0.4, 0.5) is 0 Å². The Kier molecular flexibility index (Phi) is 5.60. The van der Waals surface area contributed by atoms with E-state index in [9.17, 15) is 4.79 Å². The van der Waals surface area contributed by atoms with Gasteiger partial charge in [0.2, 0.25) is 5.91 Å². The maximum Gasteiger partial charge on any atom is 0.220 e. The molecule has 0 radical (unpaired) electrons. The van der Waals surface area contributed by atoms with Crippen LogP contribution < -0.4 is 5.32 Å². The van der Waals surface area contributed by atoms with Gasteiger partial charge >= 0.3 is 0 Å². The monoisotopic (exact) mass is 245 g/mol. The SMILES string of the molecule is CCC(C)CC(=O)NCC1(CCl)CCCC1. The van der Waals surface area contributed by atoms with E-state index in [2.05, 4.69) is 19.2 Å². The molecule has 0 bridgehead atoms. The molecule has 16 heavy (non-hydrogen) atoms. The van der Waals surface area contributed by atoms with Crippen LogP contribution in [0.25, 0.3) is 0 Å². The zero-order valence-corrected chi connectivity index (χ0v) is 11.3. The number of amides is 1. The molecule has 0 saturated heterocycles. The van der Waals surface area contributed by atoms with Crippen molar-refractivity contribution in [3.05, 3.63) is 0 Å². The van der Waals surface area contributed by atoms with Gasteiger partial charge in [0.15, 0.2) is 0 Å². The topological polar surface area (TPSA) is 29.1 Å². The highest BCUT2D eigenvalue weighted by Crippen LogP contribution is 2.38. The first-order chi connectivity index (χ1) is 7.62. The summed E-state index contributed by atoms with van der Waals surface area (Å²) < 4.78 is 0. The lowest BCUT2D eigenvalue weighted by molar-refractivity contribution is -0.122. The van der Waals surface area contributed by atoms with Crippen molar-refractivity contribution in [1.82, 2.24) is 5.32 Å². The predicted octanol–water partition coefficient (Wildman–Crippen LogP) is 3.34. The van der Waals surface area contributed by atoms with Crippen LogP contribution in [-0.4, -0.2) is 18.3 Å². The highest BCUT2D eigenvalue weighted by atomic mass is 35.5. The van der Waals surface area contributed by atoms with Crippen molar-refractivity contribution in [3.8, 4) is 0 Å². The zero-order valence-electron chi connectivity index (χ0n) is 10.5. The number of hydrogen-bond acceptors (Lipinski definition) is 1. The van der Waals surface area contributed by atoms with Gasteiger partial charge in [0.25, 0.3) is 0 Å². The third-order valence-electron chi connectivity index (χ3n) is 3.84. The first kappa shape index (κ1) is 13.8. The summed E-state index contributed by atoms with van der Waals surface area (Å²) >= 11 is 6.03. The minimum atomic E-state index is 0.186. The maximum atomic E-state index is 11.7. The lowest BCUT2D eigenvalue weighted by atomic mass is 9.88. The Hall–Kier alpha value is -0.240. The lowest BCUT2D eigenvalue weighted by Crippen LogP contribution is -2.37. The minimum Gasteiger partial charge on any atom is -0.355 e. The number of halogens is 1. The number of nitrogens with one attached hydrogen (secondary N) is 1. The normalized spacial score (nSPS) is 20.7. The van der Waals surface area contributed by atoms with Gasteiger partial charge in [-0.25, -0.2) is 0 Å². The molecule has 1 aliphatic carbocycles. The van der Waals surface area contributed by atoms with E-state index in [4.69, 9.17) is 11.6 Å². The number of rotatable bonds is 6. The van der Waals surface area contributed by atoms with E-state index in [1.807, 2.05) is 0 Å². The molecule has 0 aromatic carbocycles. The Balaban J connectivity index is 2.29. The molecule has 2 nitrogen and oxygen atoms in total. The summed E-state index contributed by atoms with van der Waals surface area (Å²) in [5.74, 6) is 1.35. The first-order valence-electron chi connectivity index (χ1n) is 6.44. The van der Waals surface area contributed by atoms with Crippen molar-refractivity contribution in [2.75, 3.05) is 12.4 Å². The van der Waals surface area contributed by atoms with Crippen molar-refractivity contribution >= 4 is 17.5 Å². The van der Waals surface area contributed by atoms with Crippen molar-refractivity contribution in [2.24, 2.45) is 11.3 Å². The Morgan fingerprint density at radius 3 is 2.56 bits per heavy atom. The maximum absolute atomic E-state index is 11.7. The molecule has 94 valence electrons. The second-order valence-corrected chi connectivity index (χ2v) is 5.60. The molecule has 0 aromatic heterocycles. The third-order valence-corrected chi connectivity index (χ3v) is 4.41. The van der Waals surface area contributed by atoms with E-state index in [1.54, 1.807) is 0 Å². The fourth-order valence-electron chi connectivity index (χ4n) is 2.30. The summed E-state index contributed by atoms with van der Waals surface area (Å²) in [7, 11) is 0. The average molecular weight is 246 g/mol. The Labute approximate surface area is 104 Å². The second-order valence-electron chi connectivity index (χ2n) is 5.34. The summed E-state index contributed by atoms with van der Waals surface area (Å²) in [5.41, 5.74) is 0.187. The van der Waals surface area contributed by atoms with Crippen LogP contribution in [0, 0.1) is 11.3 Å². The molecule has 0 heterocycles. The fraction of sp³-hybridized carbons (Fsp3) is 0.923. The molecule has 0 aliphatic heterocycles. The molecule has 1 unspecified atom stereocenters. The molecule has 1 rings (SSSR count). The van der Waals surface area contributed by atoms with Crippen LogP contribution in [0.3, 0.4) is 0 Å². The molecule has 1 N–H and O–H groups in total. The van der Waals surface area contributed by atoms with E-state index < -0.39 is 0 Å². The summed E-state index contributed by atoms with van der Waals surface area (Å²) in [4.78, 5) is 11.7. The van der Waals surface area contributed by atoms with Crippen LogP contribution in [0.2, 0.25) is 0 Å². The number of carbonyl (C=O) groups is 1. The second kappa shape index (κ2) is 6.48. The van der Waals surface area contributed by atoms with Crippen LogP contribution in [0.15, 0.2) is 0 Å². The summed E-state index contributed by atoms with van der Waals surface area (Å²) in [6.45, 7) is 5.01. The molecule has 1 saturated carbocycles. The molecule has 3 heteroatoms. The highest BCUT2D eigenvalue weighted by Gasteiger charge is 2.33. The molecular weight excluding hydrogens is 222 g/mol. The largest absolute Gasteiger partial charge is 0.355 e. The van der Waals surface area contributed by atoms with Crippen molar-refractivity contribution in [3.63, 3.8) is 0 Å². The Morgan fingerprint density at radius 1 is 1.44 bits per heavy atom. The molecular formula is C13H24ClNO. The number of hydrogen-bond donors (Lipinski definition) is 1. The van der Waals surface area contributed by atoms with Gasteiger partial charge in [-0.2, -0.15) is 0 Å². The predicted molar refractivity (Wildman–Crippen MR) is 68.7 cm³/mol. The molecule has 1 atom stereocenters. The zero-order chi connectivity index (χ0) is 12.0. The van der Waals surface area contributed by atoms with Crippen LogP contribution in [-0.2, 0) is 4.79 Å². The van der Waals surface area contributed by atoms with E-state index >= 15 is 0 Å². The average Bonchev–Trinajstić information content (AvgIpc) is 2.75. The third kappa shape index (κ3) is 3.97. The van der Waals surface area contributed by atoms with Gasteiger partial charge in [0, 0.05) is 24.3 Å². The minimum absolute atomic E-state index is 0.186. The van der Waals surface area contributed by atoms with Crippen LogP contribution in [0.1, 0.15) is 52.4 Å². The number of carbonyl (C=O) groups excluding carboxylic acids is 1. The van der Waals surface area contributed by atoms with Crippen LogP contribution in [0.5, 0.6) is 0 Å². The van der Waals surface area contributed by atoms with Gasteiger partial charge in [-0.1, -0.05) is 33.1 Å². The summed E-state index contributed by atoms with van der Waals surface area (Å²) in [6, 6.07) is 0. The van der Waals surface area contributed by atoms with E-state index in [0.717, 1.165) is 13.0 Å². The lowest BCUT2D eigenvalue weighted by Gasteiger charge is -2.26. The van der Waals surface area contributed by atoms with Crippen molar-refractivity contribution < 1.29 is 4.79 Å². The van der Waals surface area contributed by atoms with E-state index in [0.29, 0.717) is 18.2 Å². The molecule has 0 spiro atoms. The highest BCUT2D eigenvalue weighted by molar-refractivity contribution is 6.18. The number of alkyl halides is 1. The Morgan fingerprint density at radius 2 is 2.06 bits per heavy atom. The molecule has 0 aromatic rings. The smallest absolute Gasteiger partial charge is 0.220 e. The van der Waals surface area contributed by atoms with Gasteiger partial charge < -0.3 is 5.32 Å². The van der Waals surface area contributed by atoms with E-state index in [-0.39, 0.29) is 11.3 Å². The van der Waals surface area contributed by atoms with Crippen molar-refractivity contribution in [2.45, 2.75) is 52.4 Å². The van der Waals surface area contributed by atoms with Crippen LogP contribution >= 0.6 is 11.6 Å². The van der Waals surface area contributed by atoms with E-state index in [1.165, 1.54) is 25.7 Å². The van der Waals surface area contributed by atoms with Gasteiger partial charge in [-0.3, -0.25) is 4.79 Å². The summed E-state index contributed by atoms with van der Waals surface area (Å²) in [6.07, 6.45) is 6.56.